The topological polar surface area (TPSA) is 68.1 Å². The molecule has 1 heterocycles. The van der Waals surface area contributed by atoms with Gasteiger partial charge in [0.2, 0.25) is 0 Å². The van der Waals surface area contributed by atoms with Gasteiger partial charge in [-0.05, 0) is 20.8 Å². The zero-order valence-electron chi connectivity index (χ0n) is 8.61. The molecule has 0 bridgehead atoms. The number of carbonyl (C=O) groups excluding carboxylic acids is 1. The van der Waals surface area contributed by atoms with Crippen LogP contribution in [0, 0.1) is 0 Å². The molecule has 0 saturated carbocycles. The molecule has 80 valence electrons. The number of ether oxygens (including phenoxy) is 2. The molecule has 1 saturated heterocycles. The third-order valence-electron chi connectivity index (χ3n) is 1.54. The molecule has 0 aromatic rings. The van der Waals surface area contributed by atoms with E-state index in [1.165, 1.54) is 0 Å². The lowest BCUT2D eigenvalue weighted by atomic mass is 10.2. The third kappa shape index (κ3) is 3.43. The summed E-state index contributed by atoms with van der Waals surface area (Å²) in [4.78, 5) is 14.8. The van der Waals surface area contributed by atoms with Crippen molar-refractivity contribution in [3.8, 4) is 0 Å². The van der Waals surface area contributed by atoms with Gasteiger partial charge in [-0.3, -0.25) is 0 Å². The van der Waals surface area contributed by atoms with Crippen molar-refractivity contribution in [2.75, 3.05) is 13.2 Å². The van der Waals surface area contributed by atoms with Crippen LogP contribution in [0.15, 0.2) is 4.99 Å². The molecule has 0 aromatic heterocycles. The summed E-state index contributed by atoms with van der Waals surface area (Å²) in [6.07, 6.45) is -1.46. The Hall–Kier alpha value is -0.940. The van der Waals surface area contributed by atoms with E-state index in [2.05, 4.69) is 4.99 Å². The van der Waals surface area contributed by atoms with Crippen LogP contribution in [0.5, 0.6) is 0 Å². The molecule has 0 radical (unpaired) electrons. The Morgan fingerprint density at radius 2 is 2.29 bits per heavy atom. The van der Waals surface area contributed by atoms with Crippen molar-refractivity contribution in [1.29, 1.82) is 0 Å². The first-order chi connectivity index (χ1) is 6.38. The summed E-state index contributed by atoms with van der Waals surface area (Å²) in [5, 5.41) is 9.27. The Kier molecular flexibility index (Phi) is 3.23. The van der Waals surface area contributed by atoms with Crippen LogP contribution >= 0.6 is 0 Å². The lowest BCUT2D eigenvalue weighted by Gasteiger charge is -2.17. The molecular formula is C9H15NO4. The van der Waals surface area contributed by atoms with Crippen LogP contribution in [0.3, 0.4) is 0 Å². The maximum atomic E-state index is 11.2. The van der Waals surface area contributed by atoms with Gasteiger partial charge in [0, 0.05) is 0 Å². The molecule has 1 aliphatic rings. The van der Waals surface area contributed by atoms with E-state index in [9.17, 15) is 9.90 Å². The maximum absolute atomic E-state index is 11.2. The van der Waals surface area contributed by atoms with Gasteiger partial charge in [0.05, 0.1) is 18.9 Å². The zero-order valence-corrected chi connectivity index (χ0v) is 8.61. The van der Waals surface area contributed by atoms with Crippen molar-refractivity contribution >= 4 is 11.8 Å². The first-order valence-electron chi connectivity index (χ1n) is 4.45. The van der Waals surface area contributed by atoms with Gasteiger partial charge >= 0.3 is 6.09 Å². The summed E-state index contributed by atoms with van der Waals surface area (Å²) in [7, 11) is 0. The molecule has 1 aliphatic heterocycles. The average Bonchev–Trinajstić information content (AvgIpc) is 2.32. The summed E-state index contributed by atoms with van der Waals surface area (Å²) in [6, 6.07) is 0. The van der Waals surface area contributed by atoms with Crippen molar-refractivity contribution in [1.82, 2.24) is 0 Å². The van der Waals surface area contributed by atoms with Crippen LogP contribution in [-0.2, 0) is 9.47 Å². The van der Waals surface area contributed by atoms with Gasteiger partial charge in [0.15, 0.2) is 0 Å². The van der Waals surface area contributed by atoms with Crippen molar-refractivity contribution in [3.63, 3.8) is 0 Å². The van der Waals surface area contributed by atoms with Gasteiger partial charge in [-0.25, -0.2) is 4.79 Å². The number of rotatable bonds is 0. The Morgan fingerprint density at radius 1 is 1.64 bits per heavy atom. The average molecular weight is 201 g/mol. The van der Waals surface area contributed by atoms with Crippen LogP contribution in [0.1, 0.15) is 20.8 Å². The highest BCUT2D eigenvalue weighted by molar-refractivity contribution is 5.98. The number of amides is 1. The summed E-state index contributed by atoms with van der Waals surface area (Å²) in [5.41, 5.74) is -0.231. The lowest BCUT2D eigenvalue weighted by molar-refractivity contribution is 0.0602. The number of aliphatic imine (C=N–C) groups is 1. The Bertz CT molecular complexity index is 254. The third-order valence-corrected chi connectivity index (χ3v) is 1.54. The second-order valence-electron chi connectivity index (χ2n) is 4.11. The molecule has 1 amide bonds. The fourth-order valence-electron chi connectivity index (χ4n) is 0.976. The Labute approximate surface area is 82.7 Å². The minimum atomic E-state index is -0.775. The van der Waals surface area contributed by atoms with E-state index in [0.29, 0.717) is 5.71 Å². The summed E-state index contributed by atoms with van der Waals surface area (Å²) < 4.78 is 9.87. The number of aliphatic hydroxyl groups is 1. The van der Waals surface area contributed by atoms with Crippen molar-refractivity contribution in [3.05, 3.63) is 0 Å². The van der Waals surface area contributed by atoms with Gasteiger partial charge in [-0.15, -0.1) is 0 Å². The Balaban J connectivity index is 2.55. The minimum absolute atomic E-state index is 0.195. The van der Waals surface area contributed by atoms with E-state index in [4.69, 9.17) is 9.47 Å². The number of aliphatic hydroxyl groups excluding tert-OH is 1. The number of carbonyl (C=O) groups is 1. The molecule has 14 heavy (non-hydrogen) atoms. The van der Waals surface area contributed by atoms with Crippen molar-refractivity contribution in [2.45, 2.75) is 32.5 Å². The monoisotopic (exact) mass is 201 g/mol. The molecule has 5 heteroatoms. The van der Waals surface area contributed by atoms with E-state index in [0.717, 1.165) is 0 Å². The van der Waals surface area contributed by atoms with Crippen LogP contribution in [0.25, 0.3) is 0 Å². The highest BCUT2D eigenvalue weighted by Gasteiger charge is 2.23. The quantitative estimate of drug-likeness (QED) is 0.628. The molecule has 1 rings (SSSR count). The summed E-state index contributed by atoms with van der Waals surface area (Å²) in [5.74, 6) is 0. The number of hydrogen-bond acceptors (Lipinski definition) is 4. The standard InChI is InChI=1S/C9H15NO4/c1-9(2,3)14-8(12)10-6-4-13-5-7(6)11/h7,11H,4-5H2,1-3H3/t7-/m0/s1. The normalized spacial score (nSPS) is 25.4. The van der Waals surface area contributed by atoms with Crippen LogP contribution in [0.4, 0.5) is 4.79 Å². The molecule has 0 aromatic carbocycles. The first kappa shape index (κ1) is 11.1. The SMILES string of the molecule is CC(C)(C)OC(=O)N=C1COC[C@@H]1O. The van der Waals surface area contributed by atoms with E-state index < -0.39 is 17.8 Å². The molecule has 1 N–H and O–H groups in total. The van der Waals surface area contributed by atoms with Crippen molar-refractivity contribution < 1.29 is 19.4 Å². The van der Waals surface area contributed by atoms with Crippen molar-refractivity contribution in [2.24, 2.45) is 4.99 Å². The van der Waals surface area contributed by atoms with E-state index >= 15 is 0 Å². The first-order valence-corrected chi connectivity index (χ1v) is 4.45. The minimum Gasteiger partial charge on any atom is -0.442 e. The zero-order chi connectivity index (χ0) is 10.8. The molecular weight excluding hydrogens is 186 g/mol. The maximum Gasteiger partial charge on any atom is 0.434 e. The van der Waals surface area contributed by atoms with Crippen LogP contribution in [-0.4, -0.2) is 41.8 Å². The lowest BCUT2D eigenvalue weighted by Crippen LogP contribution is -2.25. The van der Waals surface area contributed by atoms with Gasteiger partial charge < -0.3 is 14.6 Å². The largest absolute Gasteiger partial charge is 0.442 e. The molecule has 0 unspecified atom stereocenters. The summed E-state index contributed by atoms with van der Waals surface area (Å²) >= 11 is 0. The fourth-order valence-corrected chi connectivity index (χ4v) is 0.976. The highest BCUT2D eigenvalue weighted by atomic mass is 16.6. The molecule has 1 fully saturated rings. The van der Waals surface area contributed by atoms with E-state index in [1.807, 2.05) is 0 Å². The van der Waals surface area contributed by atoms with Crippen LogP contribution < -0.4 is 0 Å². The predicted octanol–water partition coefficient (Wildman–Crippen LogP) is 0.754. The van der Waals surface area contributed by atoms with Gasteiger partial charge in [-0.2, -0.15) is 4.99 Å². The van der Waals surface area contributed by atoms with Gasteiger partial charge in [0.25, 0.3) is 0 Å². The second-order valence-corrected chi connectivity index (χ2v) is 4.11. The summed E-state index contributed by atoms with van der Waals surface area (Å²) in [6.45, 7) is 5.66. The molecule has 0 spiro atoms. The molecule has 1 atom stereocenters. The molecule has 5 nitrogen and oxygen atoms in total. The fraction of sp³-hybridized carbons (Fsp3) is 0.778. The smallest absolute Gasteiger partial charge is 0.434 e. The predicted molar refractivity (Wildman–Crippen MR) is 50.5 cm³/mol. The van der Waals surface area contributed by atoms with E-state index in [1.54, 1.807) is 20.8 Å². The second kappa shape index (κ2) is 4.06. The van der Waals surface area contributed by atoms with Gasteiger partial charge in [-0.1, -0.05) is 0 Å². The number of hydrogen-bond donors (Lipinski definition) is 1. The van der Waals surface area contributed by atoms with Gasteiger partial charge in [0.1, 0.15) is 11.7 Å². The van der Waals surface area contributed by atoms with E-state index in [-0.39, 0.29) is 13.2 Å². The molecule has 0 aliphatic carbocycles. The number of nitrogens with zero attached hydrogens (tertiary/aromatic N) is 1. The highest BCUT2D eigenvalue weighted by Crippen LogP contribution is 2.09. The Morgan fingerprint density at radius 3 is 2.71 bits per heavy atom. The van der Waals surface area contributed by atoms with Crippen LogP contribution in [0.2, 0.25) is 0 Å².